The smallest absolute Gasteiger partial charge is 0.159 e. The van der Waals surface area contributed by atoms with E-state index in [2.05, 4.69) is 13.8 Å². The Hall–Kier alpha value is -1.30. The van der Waals surface area contributed by atoms with Crippen molar-refractivity contribution in [2.24, 2.45) is 0 Å². The van der Waals surface area contributed by atoms with Crippen LogP contribution in [-0.2, 0) is 9.47 Å². The molecule has 0 aliphatic heterocycles. The lowest BCUT2D eigenvalue weighted by Crippen LogP contribution is -2.32. The van der Waals surface area contributed by atoms with Crippen molar-refractivity contribution in [3.63, 3.8) is 0 Å². The second kappa shape index (κ2) is 9.76. The van der Waals surface area contributed by atoms with Gasteiger partial charge in [-0.2, -0.15) is 0 Å². The summed E-state index contributed by atoms with van der Waals surface area (Å²) < 4.78 is 23.1. The van der Waals surface area contributed by atoms with Crippen molar-refractivity contribution in [3.05, 3.63) is 24.3 Å². The lowest BCUT2D eigenvalue weighted by Gasteiger charge is -2.29. The fourth-order valence-electron chi connectivity index (χ4n) is 2.40. The first-order valence-electron chi connectivity index (χ1n) is 9.74. The van der Waals surface area contributed by atoms with Crippen molar-refractivity contribution in [2.75, 3.05) is 13.2 Å². The van der Waals surface area contributed by atoms with Gasteiger partial charge >= 0.3 is 0 Å². The summed E-state index contributed by atoms with van der Waals surface area (Å²) in [5, 5.41) is 9.62. The van der Waals surface area contributed by atoms with E-state index in [1.807, 2.05) is 52.0 Å². The average molecular weight is 383 g/mol. The molecule has 0 heterocycles. The van der Waals surface area contributed by atoms with Crippen LogP contribution in [0.4, 0.5) is 0 Å². The summed E-state index contributed by atoms with van der Waals surface area (Å²) >= 11 is 0. The van der Waals surface area contributed by atoms with Crippen molar-refractivity contribution in [1.29, 1.82) is 0 Å². The molecule has 1 rings (SSSR count). The maximum absolute atomic E-state index is 9.62. The molecule has 0 amide bonds. The Morgan fingerprint density at radius 2 is 1.19 bits per heavy atom. The molecule has 1 N–H and O–H groups in total. The van der Waals surface area contributed by atoms with Crippen molar-refractivity contribution in [3.8, 4) is 11.5 Å². The minimum atomic E-state index is -1.12. The van der Waals surface area contributed by atoms with Gasteiger partial charge in [0.25, 0.3) is 0 Å². The van der Waals surface area contributed by atoms with Crippen LogP contribution in [0.15, 0.2) is 24.3 Å². The Balaban J connectivity index is 2.52. The monoisotopic (exact) mass is 382 g/mol. The third-order valence-corrected chi connectivity index (χ3v) is 3.93. The topological polar surface area (TPSA) is 57.2 Å². The molecule has 1 aromatic carbocycles. The summed E-state index contributed by atoms with van der Waals surface area (Å²) in [4.78, 5) is 0. The Morgan fingerprint density at radius 1 is 0.778 bits per heavy atom. The maximum Gasteiger partial charge on any atom is 0.159 e. The largest absolute Gasteiger partial charge is 0.488 e. The summed E-state index contributed by atoms with van der Waals surface area (Å²) in [5.41, 5.74) is -0.702. The highest BCUT2D eigenvalue weighted by molar-refractivity contribution is 5.32. The Kier molecular flexibility index (Phi) is 8.58. The van der Waals surface area contributed by atoms with E-state index >= 15 is 0 Å². The van der Waals surface area contributed by atoms with Crippen LogP contribution in [-0.4, -0.2) is 41.4 Å². The summed E-state index contributed by atoms with van der Waals surface area (Å²) in [7, 11) is 0. The van der Waals surface area contributed by atoms with Gasteiger partial charge in [0.05, 0.1) is 19.3 Å². The Labute approximate surface area is 165 Å². The molecular formula is C22H38O5. The summed E-state index contributed by atoms with van der Waals surface area (Å²) in [6.07, 6.45) is 1.71. The average Bonchev–Trinajstić information content (AvgIpc) is 2.46. The molecule has 0 saturated carbocycles. The zero-order valence-electron chi connectivity index (χ0n) is 18.3. The first kappa shape index (κ1) is 23.7. The third-order valence-electron chi connectivity index (χ3n) is 3.93. The van der Waals surface area contributed by atoms with Gasteiger partial charge in [0.2, 0.25) is 0 Å². The van der Waals surface area contributed by atoms with E-state index in [-0.39, 0.29) is 11.7 Å². The van der Waals surface area contributed by atoms with Crippen molar-refractivity contribution in [2.45, 2.75) is 91.3 Å². The summed E-state index contributed by atoms with van der Waals surface area (Å²) in [6.45, 7) is 16.5. The fourth-order valence-corrected chi connectivity index (χ4v) is 2.40. The zero-order valence-corrected chi connectivity index (χ0v) is 18.3. The SMILES string of the molecule is CC(C)OCCC(C)(C)Oc1ccc(OC(C)(C)CCOC(C)(C)O)cc1. The lowest BCUT2D eigenvalue weighted by molar-refractivity contribution is -0.181. The number of hydrogen-bond donors (Lipinski definition) is 1. The highest BCUT2D eigenvalue weighted by atomic mass is 16.6. The van der Waals surface area contributed by atoms with Crippen LogP contribution in [0.25, 0.3) is 0 Å². The number of benzene rings is 1. The highest BCUT2D eigenvalue weighted by Gasteiger charge is 2.23. The van der Waals surface area contributed by atoms with Crippen LogP contribution in [0.2, 0.25) is 0 Å². The molecule has 0 saturated heterocycles. The Morgan fingerprint density at radius 3 is 1.56 bits per heavy atom. The third kappa shape index (κ3) is 11.2. The number of hydrogen-bond acceptors (Lipinski definition) is 5. The molecule has 0 spiro atoms. The van der Waals surface area contributed by atoms with Crippen LogP contribution < -0.4 is 9.47 Å². The minimum absolute atomic E-state index is 0.231. The zero-order chi connectivity index (χ0) is 20.7. The molecule has 0 aliphatic carbocycles. The summed E-state index contributed by atoms with van der Waals surface area (Å²) in [5.74, 6) is 0.457. The van der Waals surface area contributed by atoms with Gasteiger partial charge in [-0.3, -0.25) is 0 Å². The van der Waals surface area contributed by atoms with Gasteiger partial charge in [-0.05, 0) is 79.7 Å². The number of rotatable bonds is 12. The molecule has 0 atom stereocenters. The van der Waals surface area contributed by atoms with Gasteiger partial charge in [0.15, 0.2) is 5.79 Å². The van der Waals surface area contributed by atoms with Crippen LogP contribution in [0.5, 0.6) is 11.5 Å². The molecule has 5 heteroatoms. The molecule has 27 heavy (non-hydrogen) atoms. The first-order valence-corrected chi connectivity index (χ1v) is 9.74. The van der Waals surface area contributed by atoms with E-state index in [1.54, 1.807) is 13.8 Å². The first-order chi connectivity index (χ1) is 12.3. The molecule has 0 aromatic heterocycles. The van der Waals surface area contributed by atoms with Gasteiger partial charge in [0, 0.05) is 12.8 Å². The van der Waals surface area contributed by atoms with Gasteiger partial charge in [0.1, 0.15) is 22.7 Å². The maximum atomic E-state index is 9.62. The van der Waals surface area contributed by atoms with E-state index in [4.69, 9.17) is 18.9 Å². The van der Waals surface area contributed by atoms with Crippen LogP contribution in [0.1, 0.15) is 68.2 Å². The van der Waals surface area contributed by atoms with E-state index in [1.165, 1.54) is 0 Å². The predicted molar refractivity (Wildman–Crippen MR) is 108 cm³/mol. The minimum Gasteiger partial charge on any atom is -0.488 e. The molecule has 156 valence electrons. The standard InChI is InChI=1S/C22H38O5/c1-17(2)24-15-13-20(3,4)26-18-9-11-19(12-10-18)27-21(5,6)14-16-25-22(7,8)23/h9-12,17,23H,13-16H2,1-8H3. The highest BCUT2D eigenvalue weighted by Crippen LogP contribution is 2.27. The second-order valence-electron chi connectivity index (χ2n) is 8.91. The number of aliphatic hydroxyl groups is 1. The van der Waals surface area contributed by atoms with Crippen LogP contribution in [0, 0.1) is 0 Å². The van der Waals surface area contributed by atoms with Gasteiger partial charge in [-0.1, -0.05) is 0 Å². The molecule has 0 aliphatic rings. The lowest BCUT2D eigenvalue weighted by atomic mass is 10.1. The van der Waals surface area contributed by atoms with E-state index in [0.29, 0.717) is 19.6 Å². The van der Waals surface area contributed by atoms with E-state index < -0.39 is 11.4 Å². The van der Waals surface area contributed by atoms with Crippen molar-refractivity contribution in [1.82, 2.24) is 0 Å². The molecule has 0 unspecified atom stereocenters. The second-order valence-corrected chi connectivity index (χ2v) is 8.91. The molecule has 1 aromatic rings. The van der Waals surface area contributed by atoms with E-state index in [0.717, 1.165) is 17.9 Å². The molecule has 5 nitrogen and oxygen atoms in total. The van der Waals surface area contributed by atoms with Gasteiger partial charge < -0.3 is 24.1 Å². The number of ether oxygens (including phenoxy) is 4. The quantitative estimate of drug-likeness (QED) is 0.518. The molecule has 0 fully saturated rings. The molecule has 0 radical (unpaired) electrons. The van der Waals surface area contributed by atoms with Gasteiger partial charge in [-0.15, -0.1) is 0 Å². The van der Waals surface area contributed by atoms with Gasteiger partial charge in [-0.25, -0.2) is 0 Å². The normalized spacial score (nSPS) is 13.1. The molecule has 0 bridgehead atoms. The molecular weight excluding hydrogens is 344 g/mol. The van der Waals surface area contributed by atoms with E-state index in [9.17, 15) is 5.11 Å². The van der Waals surface area contributed by atoms with Crippen molar-refractivity contribution >= 4 is 0 Å². The fraction of sp³-hybridized carbons (Fsp3) is 0.727. The van der Waals surface area contributed by atoms with Crippen LogP contribution in [0.3, 0.4) is 0 Å². The Bertz CT molecular complexity index is 541. The summed E-state index contributed by atoms with van der Waals surface area (Å²) in [6, 6.07) is 7.66. The predicted octanol–water partition coefficient (Wildman–Crippen LogP) is 4.95. The van der Waals surface area contributed by atoms with Crippen LogP contribution >= 0.6 is 0 Å². The van der Waals surface area contributed by atoms with Crippen molar-refractivity contribution < 1.29 is 24.1 Å².